The van der Waals surface area contributed by atoms with E-state index in [1.165, 1.54) is 16.9 Å². The van der Waals surface area contributed by atoms with Crippen molar-refractivity contribution in [3.8, 4) is 22.1 Å². The van der Waals surface area contributed by atoms with E-state index in [-0.39, 0.29) is 6.03 Å². The average molecular weight is 384 g/mol. The third kappa shape index (κ3) is 4.35. The van der Waals surface area contributed by atoms with E-state index in [4.69, 9.17) is 9.47 Å². The highest BCUT2D eigenvalue weighted by atomic mass is 32.1. The molecule has 0 spiro atoms. The smallest absolute Gasteiger partial charge is 0.325 e. The third-order valence-corrected chi connectivity index (χ3v) is 4.93. The molecular weight excluding hydrogens is 364 g/mol. The van der Waals surface area contributed by atoms with Crippen LogP contribution in [0.3, 0.4) is 0 Å². The quantitative estimate of drug-likeness (QED) is 0.677. The Kier molecular flexibility index (Phi) is 5.56. The lowest BCUT2D eigenvalue weighted by molar-refractivity contribution is 0.262. The van der Waals surface area contributed by atoms with E-state index in [2.05, 4.69) is 20.8 Å². The van der Waals surface area contributed by atoms with Gasteiger partial charge < -0.3 is 14.8 Å². The fourth-order valence-electron chi connectivity index (χ4n) is 2.44. The molecular formula is C19H20N4O3S. The molecule has 0 aliphatic carbocycles. The molecule has 2 amide bonds. The van der Waals surface area contributed by atoms with Gasteiger partial charge in [-0.1, -0.05) is 17.4 Å². The molecule has 0 aliphatic heterocycles. The number of hydrogen-bond acceptors (Lipinski definition) is 6. The lowest BCUT2D eigenvalue weighted by Crippen LogP contribution is -2.19. The molecule has 7 nitrogen and oxygen atoms in total. The van der Waals surface area contributed by atoms with Gasteiger partial charge in [0.05, 0.1) is 14.2 Å². The number of ether oxygens (including phenoxy) is 2. The SMILES string of the molecule is COc1ccc(-c2nnc(NC(=O)Nc3ccc(C)c(C)c3)s2)cc1OC. The van der Waals surface area contributed by atoms with Gasteiger partial charge in [-0.05, 0) is 55.3 Å². The summed E-state index contributed by atoms with van der Waals surface area (Å²) in [5.74, 6) is 1.24. The highest BCUT2D eigenvalue weighted by Crippen LogP contribution is 2.34. The van der Waals surface area contributed by atoms with Gasteiger partial charge in [0.25, 0.3) is 0 Å². The van der Waals surface area contributed by atoms with Gasteiger partial charge in [0.15, 0.2) is 11.5 Å². The second-order valence-corrected chi connectivity index (χ2v) is 6.84. The number of aryl methyl sites for hydroxylation is 2. The Morgan fingerprint density at radius 1 is 0.926 bits per heavy atom. The van der Waals surface area contributed by atoms with Gasteiger partial charge in [-0.2, -0.15) is 0 Å². The van der Waals surface area contributed by atoms with Crippen molar-refractivity contribution in [2.75, 3.05) is 24.9 Å². The maximum Gasteiger partial charge on any atom is 0.325 e. The minimum atomic E-state index is -0.367. The first-order valence-electron chi connectivity index (χ1n) is 8.21. The van der Waals surface area contributed by atoms with Gasteiger partial charge in [-0.15, -0.1) is 10.2 Å². The van der Waals surface area contributed by atoms with Crippen LogP contribution in [-0.2, 0) is 0 Å². The van der Waals surface area contributed by atoms with Gasteiger partial charge in [0.2, 0.25) is 5.13 Å². The van der Waals surface area contributed by atoms with Gasteiger partial charge in [0.1, 0.15) is 5.01 Å². The molecule has 1 aromatic heterocycles. The van der Waals surface area contributed by atoms with E-state index in [1.54, 1.807) is 20.3 Å². The van der Waals surface area contributed by atoms with Crippen LogP contribution in [0.5, 0.6) is 11.5 Å². The Bertz CT molecular complexity index is 971. The van der Waals surface area contributed by atoms with Crippen molar-refractivity contribution in [1.29, 1.82) is 0 Å². The summed E-state index contributed by atoms with van der Waals surface area (Å²) in [6, 6.07) is 10.9. The summed E-state index contributed by atoms with van der Waals surface area (Å²) in [4.78, 5) is 12.2. The van der Waals surface area contributed by atoms with Crippen molar-refractivity contribution < 1.29 is 14.3 Å². The van der Waals surface area contributed by atoms with Crippen LogP contribution in [0.2, 0.25) is 0 Å². The fraction of sp³-hybridized carbons (Fsp3) is 0.211. The predicted molar refractivity (Wildman–Crippen MR) is 107 cm³/mol. The van der Waals surface area contributed by atoms with Crippen molar-refractivity contribution in [2.24, 2.45) is 0 Å². The topological polar surface area (TPSA) is 85.4 Å². The molecule has 2 N–H and O–H groups in total. The summed E-state index contributed by atoms with van der Waals surface area (Å²) >= 11 is 1.27. The predicted octanol–water partition coefficient (Wildman–Crippen LogP) is 4.48. The van der Waals surface area contributed by atoms with E-state index in [1.807, 2.05) is 44.2 Å². The molecule has 0 unspecified atom stereocenters. The lowest BCUT2D eigenvalue weighted by atomic mass is 10.1. The number of nitrogens with zero attached hydrogens (tertiary/aromatic N) is 2. The Labute approximate surface area is 161 Å². The molecule has 3 rings (SSSR count). The van der Waals surface area contributed by atoms with Gasteiger partial charge in [0, 0.05) is 11.3 Å². The number of urea groups is 1. The molecule has 27 heavy (non-hydrogen) atoms. The number of rotatable bonds is 5. The Morgan fingerprint density at radius 2 is 1.70 bits per heavy atom. The number of carbonyl (C=O) groups is 1. The van der Waals surface area contributed by atoms with Crippen LogP contribution >= 0.6 is 11.3 Å². The summed E-state index contributed by atoms with van der Waals surface area (Å²) in [6.45, 7) is 4.02. The number of hydrogen-bond donors (Lipinski definition) is 2. The second kappa shape index (κ2) is 8.05. The van der Waals surface area contributed by atoms with Crippen molar-refractivity contribution in [3.63, 3.8) is 0 Å². The largest absolute Gasteiger partial charge is 0.493 e. The first kappa shape index (κ1) is 18.7. The van der Waals surface area contributed by atoms with E-state index in [0.29, 0.717) is 21.6 Å². The van der Waals surface area contributed by atoms with Crippen LogP contribution in [0.1, 0.15) is 11.1 Å². The Balaban J connectivity index is 1.70. The van der Waals surface area contributed by atoms with Crippen LogP contribution in [0.25, 0.3) is 10.6 Å². The molecule has 2 aromatic carbocycles. The number of anilines is 2. The summed E-state index contributed by atoms with van der Waals surface area (Å²) < 4.78 is 10.5. The maximum absolute atomic E-state index is 12.2. The van der Waals surface area contributed by atoms with Crippen LogP contribution in [0.15, 0.2) is 36.4 Å². The molecule has 8 heteroatoms. The molecule has 3 aromatic rings. The zero-order valence-electron chi connectivity index (χ0n) is 15.5. The van der Waals surface area contributed by atoms with E-state index in [9.17, 15) is 4.79 Å². The number of aromatic nitrogens is 2. The maximum atomic E-state index is 12.2. The molecule has 0 aliphatic rings. The molecule has 0 saturated carbocycles. The average Bonchev–Trinajstić information content (AvgIpc) is 3.12. The molecule has 140 valence electrons. The fourth-order valence-corrected chi connectivity index (χ4v) is 3.17. The molecule has 0 atom stereocenters. The van der Waals surface area contributed by atoms with Crippen LogP contribution in [0, 0.1) is 13.8 Å². The van der Waals surface area contributed by atoms with Crippen molar-refractivity contribution >= 4 is 28.2 Å². The lowest BCUT2D eigenvalue weighted by Gasteiger charge is -2.08. The van der Waals surface area contributed by atoms with E-state index in [0.717, 1.165) is 16.8 Å². The monoisotopic (exact) mass is 384 g/mol. The number of amides is 2. The Hall–Kier alpha value is -3.13. The highest BCUT2D eigenvalue weighted by molar-refractivity contribution is 7.18. The highest BCUT2D eigenvalue weighted by Gasteiger charge is 2.12. The number of nitrogens with one attached hydrogen (secondary N) is 2. The first-order valence-corrected chi connectivity index (χ1v) is 9.03. The zero-order chi connectivity index (χ0) is 19.4. The minimum Gasteiger partial charge on any atom is -0.493 e. The summed E-state index contributed by atoms with van der Waals surface area (Å²) in [5.41, 5.74) is 3.83. The molecule has 1 heterocycles. The Morgan fingerprint density at radius 3 is 2.41 bits per heavy atom. The van der Waals surface area contributed by atoms with Crippen LogP contribution in [0.4, 0.5) is 15.6 Å². The number of carbonyl (C=O) groups excluding carboxylic acids is 1. The van der Waals surface area contributed by atoms with Crippen molar-refractivity contribution in [1.82, 2.24) is 10.2 Å². The van der Waals surface area contributed by atoms with E-state index >= 15 is 0 Å². The van der Waals surface area contributed by atoms with Crippen LogP contribution < -0.4 is 20.1 Å². The van der Waals surface area contributed by atoms with Gasteiger partial charge in [-0.25, -0.2) is 4.79 Å². The van der Waals surface area contributed by atoms with Crippen molar-refractivity contribution in [2.45, 2.75) is 13.8 Å². The molecule has 0 radical (unpaired) electrons. The first-order chi connectivity index (χ1) is 13.0. The van der Waals surface area contributed by atoms with Gasteiger partial charge >= 0.3 is 6.03 Å². The number of benzene rings is 2. The minimum absolute atomic E-state index is 0.367. The zero-order valence-corrected chi connectivity index (χ0v) is 16.3. The molecule has 0 saturated heterocycles. The normalized spacial score (nSPS) is 10.4. The second-order valence-electron chi connectivity index (χ2n) is 5.86. The molecule has 0 fully saturated rings. The summed E-state index contributed by atoms with van der Waals surface area (Å²) in [7, 11) is 3.16. The van der Waals surface area contributed by atoms with Crippen molar-refractivity contribution in [3.05, 3.63) is 47.5 Å². The number of methoxy groups -OCH3 is 2. The standard InChI is InChI=1S/C19H20N4O3S/c1-11-5-7-14(9-12(11)2)20-18(24)21-19-23-22-17(27-19)13-6-8-15(25-3)16(10-13)26-4/h5-10H,1-4H3,(H2,20,21,23,24). The van der Waals surface area contributed by atoms with E-state index < -0.39 is 0 Å². The summed E-state index contributed by atoms with van der Waals surface area (Å²) in [6.07, 6.45) is 0. The molecule has 0 bridgehead atoms. The summed E-state index contributed by atoms with van der Waals surface area (Å²) in [5, 5.41) is 14.7. The third-order valence-electron chi connectivity index (χ3n) is 4.04. The van der Waals surface area contributed by atoms with Gasteiger partial charge in [-0.3, -0.25) is 5.32 Å². The van der Waals surface area contributed by atoms with Crippen LogP contribution in [-0.4, -0.2) is 30.4 Å².